The lowest BCUT2D eigenvalue weighted by Crippen LogP contribution is -2.43. The summed E-state index contributed by atoms with van der Waals surface area (Å²) in [7, 11) is 0. The largest absolute Gasteiger partial charge is 0.381 e. The molecule has 0 spiro atoms. The summed E-state index contributed by atoms with van der Waals surface area (Å²) in [6.45, 7) is 5.44. The van der Waals surface area contributed by atoms with E-state index in [0.29, 0.717) is 32.8 Å². The molecular weight excluding hydrogens is 396 g/mol. The Labute approximate surface area is 180 Å². The van der Waals surface area contributed by atoms with E-state index >= 15 is 0 Å². The molecule has 2 aliphatic heterocycles. The second kappa shape index (κ2) is 8.32. The van der Waals surface area contributed by atoms with E-state index in [1.165, 1.54) is 11.1 Å². The normalized spacial score (nSPS) is 19.6. The fraction of sp³-hybridized carbons (Fsp3) is 0.435. The van der Waals surface area contributed by atoms with Crippen molar-refractivity contribution in [2.24, 2.45) is 5.92 Å². The van der Waals surface area contributed by atoms with E-state index in [1.54, 1.807) is 11.3 Å². The highest BCUT2D eigenvalue weighted by Crippen LogP contribution is 2.34. The van der Waals surface area contributed by atoms with Crippen molar-refractivity contribution < 1.29 is 9.53 Å². The maximum absolute atomic E-state index is 13.3. The van der Waals surface area contributed by atoms with Crippen molar-refractivity contribution in [1.82, 2.24) is 19.4 Å². The Balaban J connectivity index is 1.45. The van der Waals surface area contributed by atoms with Gasteiger partial charge in [0.1, 0.15) is 5.82 Å². The summed E-state index contributed by atoms with van der Waals surface area (Å²) < 4.78 is 7.64. The predicted octanol–water partition coefficient (Wildman–Crippen LogP) is 3.60. The minimum atomic E-state index is 0.0634. The van der Waals surface area contributed by atoms with Crippen molar-refractivity contribution in [2.45, 2.75) is 38.8 Å². The van der Waals surface area contributed by atoms with Crippen LogP contribution < -0.4 is 0 Å². The number of fused-ring (bicyclic) bond motifs is 1. The zero-order valence-corrected chi connectivity index (χ0v) is 18.0. The standard InChI is InChI=1S/C23H26N4O2S/c1-16-25-19(15-30-16)13-26-9-8-24-22(26)21-14-27(12-18-4-2-3-5-20(18)21)23(28)17-6-10-29-11-7-17/h2-5,8-9,15,17,21H,6-7,10-14H2,1H3/t21-/m1/s1. The fourth-order valence-corrected chi connectivity index (χ4v) is 5.22. The van der Waals surface area contributed by atoms with Crippen LogP contribution in [0.5, 0.6) is 0 Å². The van der Waals surface area contributed by atoms with Gasteiger partial charge in [0.15, 0.2) is 0 Å². The minimum absolute atomic E-state index is 0.0634. The molecule has 0 N–H and O–H groups in total. The molecule has 3 aromatic rings. The maximum atomic E-state index is 13.3. The topological polar surface area (TPSA) is 60.2 Å². The molecule has 1 saturated heterocycles. The molecule has 2 aliphatic rings. The number of imidazole rings is 1. The summed E-state index contributed by atoms with van der Waals surface area (Å²) in [5.41, 5.74) is 3.54. The first-order valence-electron chi connectivity index (χ1n) is 10.6. The first-order chi connectivity index (χ1) is 14.7. The lowest BCUT2D eigenvalue weighted by atomic mass is 9.87. The molecule has 30 heavy (non-hydrogen) atoms. The van der Waals surface area contributed by atoms with Crippen LogP contribution in [0.15, 0.2) is 42.0 Å². The number of amides is 1. The number of hydrogen-bond acceptors (Lipinski definition) is 5. The molecule has 2 aromatic heterocycles. The third-order valence-electron chi connectivity index (χ3n) is 6.14. The zero-order chi connectivity index (χ0) is 20.5. The fourth-order valence-electron chi connectivity index (χ4n) is 4.62. The molecular formula is C23H26N4O2S. The van der Waals surface area contributed by atoms with Gasteiger partial charge in [-0.25, -0.2) is 9.97 Å². The van der Waals surface area contributed by atoms with Crippen LogP contribution in [0.1, 0.15) is 46.4 Å². The first kappa shape index (κ1) is 19.5. The number of rotatable bonds is 4. The van der Waals surface area contributed by atoms with E-state index in [1.807, 2.05) is 24.2 Å². The van der Waals surface area contributed by atoms with Crippen LogP contribution in [0.4, 0.5) is 0 Å². The molecule has 7 heteroatoms. The van der Waals surface area contributed by atoms with Crippen molar-refractivity contribution in [1.29, 1.82) is 0 Å². The van der Waals surface area contributed by atoms with Crippen LogP contribution in [0.2, 0.25) is 0 Å². The highest BCUT2D eigenvalue weighted by molar-refractivity contribution is 7.09. The molecule has 1 amide bonds. The van der Waals surface area contributed by atoms with Gasteiger partial charge in [-0.15, -0.1) is 11.3 Å². The van der Waals surface area contributed by atoms with E-state index in [-0.39, 0.29) is 17.7 Å². The molecule has 1 atom stereocenters. The van der Waals surface area contributed by atoms with Gasteiger partial charge in [-0.3, -0.25) is 4.79 Å². The second-order valence-corrected chi connectivity index (χ2v) is 9.19. The average molecular weight is 423 g/mol. The van der Waals surface area contributed by atoms with E-state index in [9.17, 15) is 4.79 Å². The molecule has 0 aliphatic carbocycles. The molecule has 6 nitrogen and oxygen atoms in total. The number of thiazole rings is 1. The molecule has 0 unspecified atom stereocenters. The molecule has 5 rings (SSSR count). The average Bonchev–Trinajstić information content (AvgIpc) is 3.42. The summed E-state index contributed by atoms with van der Waals surface area (Å²) in [5.74, 6) is 1.39. The van der Waals surface area contributed by atoms with Gasteiger partial charge in [-0.05, 0) is 30.9 Å². The smallest absolute Gasteiger partial charge is 0.226 e. The first-order valence-corrected chi connectivity index (χ1v) is 11.4. The summed E-state index contributed by atoms with van der Waals surface area (Å²) in [6, 6.07) is 8.47. The molecule has 0 saturated carbocycles. The van der Waals surface area contributed by atoms with E-state index in [0.717, 1.165) is 29.4 Å². The van der Waals surface area contributed by atoms with Crippen LogP contribution in [0.25, 0.3) is 0 Å². The van der Waals surface area contributed by atoms with Crippen LogP contribution >= 0.6 is 11.3 Å². The maximum Gasteiger partial charge on any atom is 0.226 e. The van der Waals surface area contributed by atoms with Crippen LogP contribution in [-0.2, 0) is 22.6 Å². The Kier molecular flexibility index (Phi) is 5.39. The third kappa shape index (κ3) is 3.79. The monoisotopic (exact) mass is 422 g/mol. The number of nitrogens with zero attached hydrogens (tertiary/aromatic N) is 4. The summed E-state index contributed by atoms with van der Waals surface area (Å²) >= 11 is 1.67. The van der Waals surface area contributed by atoms with Gasteiger partial charge in [0.05, 0.1) is 23.2 Å². The SMILES string of the molecule is Cc1nc(Cn2ccnc2[C@@H]2CN(C(=O)C3CCOCC3)Cc3ccccc32)cs1. The van der Waals surface area contributed by atoms with Gasteiger partial charge in [-0.2, -0.15) is 0 Å². The number of hydrogen-bond donors (Lipinski definition) is 0. The number of benzene rings is 1. The number of ether oxygens (including phenoxy) is 1. The van der Waals surface area contributed by atoms with Gasteiger partial charge in [0.2, 0.25) is 5.91 Å². The number of aryl methyl sites for hydroxylation is 1. The zero-order valence-electron chi connectivity index (χ0n) is 17.2. The number of carbonyl (C=O) groups is 1. The molecule has 0 radical (unpaired) electrons. The van der Waals surface area contributed by atoms with Crippen molar-refractivity contribution in [3.05, 3.63) is 69.7 Å². The molecule has 0 bridgehead atoms. The lowest BCUT2D eigenvalue weighted by molar-refractivity contribution is -0.139. The molecule has 1 aromatic carbocycles. The highest BCUT2D eigenvalue weighted by Gasteiger charge is 2.34. The Morgan fingerprint density at radius 1 is 1.27 bits per heavy atom. The molecule has 156 valence electrons. The lowest BCUT2D eigenvalue weighted by Gasteiger charge is -2.37. The van der Waals surface area contributed by atoms with Crippen molar-refractivity contribution in [3.8, 4) is 0 Å². The van der Waals surface area contributed by atoms with Gasteiger partial charge >= 0.3 is 0 Å². The summed E-state index contributed by atoms with van der Waals surface area (Å²) in [5, 5.41) is 3.18. The number of aromatic nitrogens is 3. The number of carbonyl (C=O) groups excluding carboxylic acids is 1. The quantitative estimate of drug-likeness (QED) is 0.645. The Morgan fingerprint density at radius 2 is 2.10 bits per heavy atom. The Bertz CT molecular complexity index is 1040. The predicted molar refractivity (Wildman–Crippen MR) is 115 cm³/mol. The Morgan fingerprint density at radius 3 is 2.90 bits per heavy atom. The van der Waals surface area contributed by atoms with E-state index in [2.05, 4.69) is 39.2 Å². The van der Waals surface area contributed by atoms with Crippen molar-refractivity contribution in [3.63, 3.8) is 0 Å². The third-order valence-corrected chi connectivity index (χ3v) is 6.96. The molecule has 1 fully saturated rings. The van der Waals surface area contributed by atoms with E-state index < -0.39 is 0 Å². The van der Waals surface area contributed by atoms with E-state index in [4.69, 9.17) is 9.72 Å². The van der Waals surface area contributed by atoms with Gasteiger partial charge in [-0.1, -0.05) is 24.3 Å². The van der Waals surface area contributed by atoms with Crippen LogP contribution in [-0.4, -0.2) is 45.1 Å². The summed E-state index contributed by atoms with van der Waals surface area (Å²) in [6.07, 6.45) is 5.52. The molecule has 4 heterocycles. The van der Waals surface area contributed by atoms with Crippen LogP contribution in [0.3, 0.4) is 0 Å². The highest BCUT2D eigenvalue weighted by atomic mass is 32.1. The minimum Gasteiger partial charge on any atom is -0.381 e. The second-order valence-electron chi connectivity index (χ2n) is 8.13. The van der Waals surface area contributed by atoms with Crippen molar-refractivity contribution >= 4 is 17.2 Å². The van der Waals surface area contributed by atoms with Gasteiger partial charge in [0.25, 0.3) is 0 Å². The Hall–Kier alpha value is -2.51. The van der Waals surface area contributed by atoms with Gasteiger partial charge in [0, 0.05) is 50.0 Å². The van der Waals surface area contributed by atoms with Crippen LogP contribution in [0, 0.1) is 12.8 Å². The van der Waals surface area contributed by atoms with Crippen molar-refractivity contribution in [2.75, 3.05) is 19.8 Å². The summed E-state index contributed by atoms with van der Waals surface area (Å²) in [4.78, 5) is 24.7. The van der Waals surface area contributed by atoms with Gasteiger partial charge < -0.3 is 14.2 Å².